The highest BCUT2D eigenvalue weighted by atomic mass is 16.6. The number of piperazine rings is 1. The smallest absolute Gasteiger partial charge is 0.216 e. The third-order valence-electron chi connectivity index (χ3n) is 3.72. The minimum Gasteiger partial charge on any atom is -0.367 e. The van der Waals surface area contributed by atoms with Crippen molar-refractivity contribution in [3.8, 4) is 0 Å². The maximum Gasteiger partial charge on any atom is 0.216 e. The summed E-state index contributed by atoms with van der Waals surface area (Å²) < 4.78 is 5.77. The van der Waals surface area contributed by atoms with Crippen LogP contribution < -0.4 is 10.6 Å². The third kappa shape index (κ3) is 8.08. The summed E-state index contributed by atoms with van der Waals surface area (Å²) >= 11 is 0. The third-order valence-corrected chi connectivity index (χ3v) is 3.72. The van der Waals surface area contributed by atoms with Crippen LogP contribution in [0.3, 0.4) is 0 Å². The number of aliphatic hydroxyl groups is 1. The van der Waals surface area contributed by atoms with Crippen molar-refractivity contribution in [2.24, 2.45) is 0 Å². The summed E-state index contributed by atoms with van der Waals surface area (Å²) in [6.45, 7) is 11.9. The van der Waals surface area contributed by atoms with Crippen LogP contribution in [0.25, 0.3) is 0 Å². The maximum atomic E-state index is 10.9. The molecular weight excluding hydrogens is 282 g/mol. The molecule has 1 saturated heterocycles. The number of hydrogen-bond donors (Lipinski definition) is 3. The van der Waals surface area contributed by atoms with Crippen molar-refractivity contribution in [3.05, 3.63) is 0 Å². The van der Waals surface area contributed by atoms with Crippen molar-refractivity contribution in [1.29, 1.82) is 0 Å². The lowest BCUT2D eigenvalue weighted by atomic mass is 10.1. The first kappa shape index (κ1) is 19.4. The summed E-state index contributed by atoms with van der Waals surface area (Å²) in [6, 6.07) is 0.0126. The minimum absolute atomic E-state index is 0.00903. The Labute approximate surface area is 134 Å². The molecule has 130 valence electrons. The van der Waals surface area contributed by atoms with Gasteiger partial charge in [-0.1, -0.05) is 0 Å². The summed E-state index contributed by atoms with van der Waals surface area (Å²) in [5.74, 6) is 0.00903. The molecule has 1 heterocycles. The topological polar surface area (TPSA) is 73.8 Å². The van der Waals surface area contributed by atoms with Gasteiger partial charge in [0.25, 0.3) is 0 Å². The number of rotatable bonds is 8. The van der Waals surface area contributed by atoms with E-state index in [1.165, 1.54) is 6.92 Å². The molecule has 0 bridgehead atoms. The van der Waals surface area contributed by atoms with Crippen molar-refractivity contribution < 1.29 is 14.6 Å². The highest BCUT2D eigenvalue weighted by Crippen LogP contribution is 2.19. The van der Waals surface area contributed by atoms with E-state index < -0.39 is 6.29 Å². The van der Waals surface area contributed by atoms with Gasteiger partial charge in [-0.3, -0.25) is 9.69 Å². The first-order chi connectivity index (χ1) is 10.3. The van der Waals surface area contributed by atoms with E-state index in [1.54, 1.807) is 0 Å². The van der Waals surface area contributed by atoms with Crippen LogP contribution in [0.5, 0.6) is 0 Å². The van der Waals surface area contributed by atoms with Gasteiger partial charge < -0.3 is 20.5 Å². The summed E-state index contributed by atoms with van der Waals surface area (Å²) in [5, 5.41) is 16.6. The van der Waals surface area contributed by atoms with Gasteiger partial charge in [-0.25, -0.2) is 0 Å². The molecule has 0 spiro atoms. The Kier molecular flexibility index (Phi) is 8.31. The van der Waals surface area contributed by atoms with E-state index in [2.05, 4.69) is 15.5 Å². The van der Waals surface area contributed by atoms with Crippen LogP contribution in [0.4, 0.5) is 0 Å². The first-order valence-electron chi connectivity index (χ1n) is 8.35. The summed E-state index contributed by atoms with van der Waals surface area (Å²) in [4.78, 5) is 13.2. The predicted molar refractivity (Wildman–Crippen MR) is 87.6 cm³/mol. The van der Waals surface area contributed by atoms with Gasteiger partial charge in [-0.15, -0.1) is 0 Å². The van der Waals surface area contributed by atoms with E-state index >= 15 is 0 Å². The summed E-state index contributed by atoms with van der Waals surface area (Å²) in [7, 11) is 0. The van der Waals surface area contributed by atoms with Crippen molar-refractivity contribution in [1.82, 2.24) is 15.5 Å². The largest absolute Gasteiger partial charge is 0.367 e. The molecule has 2 atom stereocenters. The van der Waals surface area contributed by atoms with Crippen molar-refractivity contribution in [3.63, 3.8) is 0 Å². The Morgan fingerprint density at radius 1 is 1.32 bits per heavy atom. The highest BCUT2D eigenvalue weighted by molar-refractivity contribution is 5.72. The van der Waals surface area contributed by atoms with Gasteiger partial charge in [-0.2, -0.15) is 0 Å². The van der Waals surface area contributed by atoms with E-state index in [-0.39, 0.29) is 17.6 Å². The van der Waals surface area contributed by atoms with Crippen LogP contribution in [0, 0.1) is 0 Å². The predicted octanol–water partition coefficient (Wildman–Crippen LogP) is 0.700. The number of nitrogens with one attached hydrogen (secondary N) is 2. The monoisotopic (exact) mass is 315 g/mol. The molecule has 6 heteroatoms. The minimum atomic E-state index is -0.779. The van der Waals surface area contributed by atoms with E-state index in [4.69, 9.17) is 4.74 Å². The normalized spacial score (nSPS) is 19.7. The van der Waals surface area contributed by atoms with Crippen LogP contribution in [-0.4, -0.2) is 66.6 Å². The van der Waals surface area contributed by atoms with Crippen LogP contribution in [0.2, 0.25) is 0 Å². The van der Waals surface area contributed by atoms with E-state index in [0.29, 0.717) is 6.54 Å². The van der Waals surface area contributed by atoms with Crippen LogP contribution >= 0.6 is 0 Å². The molecule has 1 fully saturated rings. The SMILES string of the molecule is CC(=O)NCCCCC(C(O)OC(C)(C)C)N1CCNCC1. The standard InChI is InChI=1S/C16H33N3O3/c1-13(20)18-8-6-5-7-14(15(21)22-16(2,3)4)19-11-9-17-10-12-19/h14-15,17,21H,5-12H2,1-4H3,(H,18,20). The molecule has 0 aromatic heterocycles. The van der Waals surface area contributed by atoms with Gasteiger partial charge in [0.1, 0.15) is 0 Å². The van der Waals surface area contributed by atoms with Crippen LogP contribution in [-0.2, 0) is 9.53 Å². The molecule has 0 radical (unpaired) electrons. The van der Waals surface area contributed by atoms with Crippen molar-refractivity contribution in [2.75, 3.05) is 32.7 Å². The molecule has 3 N–H and O–H groups in total. The molecule has 0 aromatic rings. The lowest BCUT2D eigenvalue weighted by Gasteiger charge is -2.39. The Morgan fingerprint density at radius 3 is 2.50 bits per heavy atom. The second-order valence-electron chi connectivity index (χ2n) is 6.95. The molecule has 1 rings (SSSR count). The number of carbonyl (C=O) groups excluding carboxylic acids is 1. The van der Waals surface area contributed by atoms with Gasteiger partial charge in [-0.05, 0) is 40.0 Å². The van der Waals surface area contributed by atoms with Crippen molar-refractivity contribution >= 4 is 5.91 Å². The second-order valence-corrected chi connectivity index (χ2v) is 6.95. The number of hydrogen-bond acceptors (Lipinski definition) is 5. The Morgan fingerprint density at radius 2 is 1.95 bits per heavy atom. The van der Waals surface area contributed by atoms with Crippen LogP contribution in [0.15, 0.2) is 0 Å². The van der Waals surface area contributed by atoms with Gasteiger partial charge in [0.05, 0.1) is 11.6 Å². The lowest BCUT2D eigenvalue weighted by Crippen LogP contribution is -2.54. The van der Waals surface area contributed by atoms with Gasteiger partial charge in [0.15, 0.2) is 6.29 Å². The number of ether oxygens (including phenoxy) is 1. The molecule has 0 saturated carbocycles. The van der Waals surface area contributed by atoms with Crippen molar-refractivity contribution in [2.45, 2.75) is 64.9 Å². The molecule has 0 aliphatic carbocycles. The zero-order valence-corrected chi connectivity index (χ0v) is 14.5. The molecule has 6 nitrogen and oxygen atoms in total. The average Bonchev–Trinajstić information content (AvgIpc) is 2.41. The number of amides is 1. The number of carbonyl (C=O) groups is 1. The first-order valence-corrected chi connectivity index (χ1v) is 8.35. The molecule has 22 heavy (non-hydrogen) atoms. The average molecular weight is 315 g/mol. The molecule has 0 aromatic carbocycles. The number of nitrogens with zero attached hydrogens (tertiary/aromatic N) is 1. The van der Waals surface area contributed by atoms with E-state index in [0.717, 1.165) is 45.4 Å². The maximum absolute atomic E-state index is 10.9. The Balaban J connectivity index is 2.48. The van der Waals surface area contributed by atoms with Gasteiger partial charge in [0, 0.05) is 39.6 Å². The number of unbranched alkanes of at least 4 members (excludes halogenated alkanes) is 1. The highest BCUT2D eigenvalue weighted by Gasteiger charge is 2.30. The zero-order chi connectivity index (χ0) is 16.6. The Bertz CT molecular complexity index is 325. The fourth-order valence-corrected chi connectivity index (χ4v) is 2.70. The van der Waals surface area contributed by atoms with Crippen LogP contribution in [0.1, 0.15) is 47.0 Å². The second kappa shape index (κ2) is 9.45. The number of aliphatic hydroxyl groups excluding tert-OH is 1. The molecular formula is C16H33N3O3. The fraction of sp³-hybridized carbons (Fsp3) is 0.938. The Hall–Kier alpha value is -0.690. The molecule has 1 amide bonds. The van der Waals surface area contributed by atoms with E-state index in [9.17, 15) is 9.90 Å². The van der Waals surface area contributed by atoms with Gasteiger partial charge in [0.2, 0.25) is 5.91 Å². The van der Waals surface area contributed by atoms with Gasteiger partial charge >= 0.3 is 0 Å². The fourth-order valence-electron chi connectivity index (χ4n) is 2.70. The molecule has 2 unspecified atom stereocenters. The summed E-state index contributed by atoms with van der Waals surface area (Å²) in [5.41, 5.74) is -0.359. The molecule has 1 aliphatic heterocycles. The lowest BCUT2D eigenvalue weighted by molar-refractivity contribution is -0.199. The van der Waals surface area contributed by atoms with E-state index in [1.807, 2.05) is 20.8 Å². The molecule has 1 aliphatic rings. The quantitative estimate of drug-likeness (QED) is 0.454. The zero-order valence-electron chi connectivity index (χ0n) is 14.5. The summed E-state index contributed by atoms with van der Waals surface area (Å²) in [6.07, 6.45) is 1.97.